The van der Waals surface area contributed by atoms with E-state index in [9.17, 15) is 4.79 Å². The van der Waals surface area contributed by atoms with Crippen molar-refractivity contribution >= 4 is 28.9 Å². The molecule has 0 aromatic heterocycles. The Morgan fingerprint density at radius 1 is 1.14 bits per heavy atom. The first-order valence-corrected chi connectivity index (χ1v) is 6.71. The maximum absolute atomic E-state index is 12.0. The largest absolute Gasteiger partial charge is 0.313 e. The van der Waals surface area contributed by atoms with Crippen LogP contribution in [0.15, 0.2) is 53.5 Å². The number of benzodiazepines with no additional fused rings is 1. The van der Waals surface area contributed by atoms with Crippen LogP contribution in [0.3, 0.4) is 0 Å². The molecule has 5 heteroatoms. The molecule has 21 heavy (non-hydrogen) atoms. The summed E-state index contributed by atoms with van der Waals surface area (Å²) in [4.78, 5) is 18.1. The van der Waals surface area contributed by atoms with Gasteiger partial charge in [0.1, 0.15) is 6.54 Å². The van der Waals surface area contributed by atoms with Gasteiger partial charge in [-0.3, -0.25) is 9.79 Å². The van der Waals surface area contributed by atoms with Crippen molar-refractivity contribution in [1.29, 1.82) is 0 Å². The van der Waals surface area contributed by atoms with Gasteiger partial charge in [0.05, 0.1) is 11.4 Å². The first-order chi connectivity index (χ1) is 9.66. The molecule has 0 aliphatic carbocycles. The maximum Gasteiger partial charge on any atom is 0.248 e. The third kappa shape index (κ3) is 3.09. The van der Waals surface area contributed by atoms with Gasteiger partial charge in [-0.15, -0.1) is 0 Å². The number of hydrogen-bond acceptors (Lipinski definition) is 2. The van der Waals surface area contributed by atoms with Gasteiger partial charge >= 0.3 is 0 Å². The molecule has 0 spiro atoms. The monoisotopic (exact) mass is 468 g/mol. The Kier molecular flexibility index (Phi) is 4.97. The van der Waals surface area contributed by atoms with Crippen LogP contribution in [-0.4, -0.2) is 25.2 Å². The van der Waals surface area contributed by atoms with E-state index in [1.165, 1.54) is 0 Å². The first kappa shape index (κ1) is 15.9. The van der Waals surface area contributed by atoms with Crippen molar-refractivity contribution in [2.24, 2.45) is 4.99 Å². The zero-order chi connectivity index (χ0) is 14.1. The van der Waals surface area contributed by atoms with Crippen LogP contribution in [0.25, 0.3) is 0 Å². The quantitative estimate of drug-likeness (QED) is 0.633. The van der Waals surface area contributed by atoms with E-state index in [1.807, 2.05) is 42.5 Å². The average Bonchev–Trinajstić information content (AvgIpc) is 2.58. The van der Waals surface area contributed by atoms with Gasteiger partial charge in [-0.2, -0.15) is 0 Å². The SMILES string of the molecule is CN1C(=O)CN=C(c2ccccc2)c2cc(Cl)ccc21.[W]. The van der Waals surface area contributed by atoms with Gasteiger partial charge in [0.2, 0.25) is 5.91 Å². The molecule has 0 saturated carbocycles. The normalized spacial score (nSPS) is 13.9. The molecular formula is C16H13ClN2OW. The molecule has 0 bridgehead atoms. The van der Waals surface area contributed by atoms with E-state index >= 15 is 0 Å². The summed E-state index contributed by atoms with van der Waals surface area (Å²) in [5, 5.41) is 0.634. The van der Waals surface area contributed by atoms with Gasteiger partial charge in [-0.25, -0.2) is 0 Å². The second-order valence-electron chi connectivity index (χ2n) is 4.65. The van der Waals surface area contributed by atoms with Crippen molar-refractivity contribution in [3.8, 4) is 0 Å². The summed E-state index contributed by atoms with van der Waals surface area (Å²) in [6.45, 7) is 0.146. The summed E-state index contributed by atoms with van der Waals surface area (Å²) < 4.78 is 0. The molecule has 0 N–H and O–H groups in total. The Morgan fingerprint density at radius 2 is 1.86 bits per heavy atom. The zero-order valence-corrected chi connectivity index (χ0v) is 15.1. The summed E-state index contributed by atoms with van der Waals surface area (Å²) in [5.74, 6) is -0.0282. The Hall–Kier alpha value is -1.44. The Labute approximate surface area is 142 Å². The van der Waals surface area contributed by atoms with Crippen molar-refractivity contribution < 1.29 is 25.9 Å². The van der Waals surface area contributed by atoms with Gasteiger partial charge < -0.3 is 4.90 Å². The predicted octanol–water partition coefficient (Wildman–Crippen LogP) is 3.15. The summed E-state index contributed by atoms with van der Waals surface area (Å²) in [6, 6.07) is 15.3. The molecule has 2 aromatic carbocycles. The second kappa shape index (κ2) is 6.55. The fourth-order valence-electron chi connectivity index (χ4n) is 2.31. The number of benzene rings is 2. The maximum atomic E-state index is 12.0. The van der Waals surface area contributed by atoms with Crippen LogP contribution in [0.5, 0.6) is 0 Å². The smallest absolute Gasteiger partial charge is 0.248 e. The minimum atomic E-state index is -0.0282. The Bertz CT molecular complexity index is 701. The summed E-state index contributed by atoms with van der Waals surface area (Å²) >= 11 is 6.11. The minimum absolute atomic E-state index is 0. The van der Waals surface area contributed by atoms with Gasteiger partial charge in [0.25, 0.3) is 0 Å². The molecule has 1 amide bonds. The number of anilines is 1. The molecule has 2 aromatic rings. The summed E-state index contributed by atoms with van der Waals surface area (Å²) in [6.07, 6.45) is 0. The molecule has 1 aliphatic heterocycles. The summed E-state index contributed by atoms with van der Waals surface area (Å²) in [5.41, 5.74) is 3.51. The molecule has 3 rings (SSSR count). The molecule has 0 fully saturated rings. The molecule has 0 atom stereocenters. The van der Waals surface area contributed by atoms with Crippen molar-refractivity contribution in [3.63, 3.8) is 0 Å². The topological polar surface area (TPSA) is 32.7 Å². The molecule has 0 radical (unpaired) electrons. The number of likely N-dealkylation sites (N-methyl/N-ethyl adjacent to an activating group) is 1. The minimum Gasteiger partial charge on any atom is -0.313 e. The number of hydrogen-bond donors (Lipinski definition) is 0. The van der Waals surface area contributed by atoms with E-state index in [1.54, 1.807) is 18.0 Å². The number of amides is 1. The van der Waals surface area contributed by atoms with Crippen molar-refractivity contribution in [1.82, 2.24) is 0 Å². The zero-order valence-electron chi connectivity index (χ0n) is 11.4. The first-order valence-electron chi connectivity index (χ1n) is 6.33. The molecule has 106 valence electrons. The number of aliphatic imine (C=N–C) groups is 1. The Morgan fingerprint density at radius 3 is 2.57 bits per heavy atom. The van der Waals surface area contributed by atoms with Crippen molar-refractivity contribution in [2.45, 2.75) is 0 Å². The van der Waals surface area contributed by atoms with Crippen LogP contribution in [0.2, 0.25) is 5.02 Å². The number of carbonyl (C=O) groups is 1. The number of halogens is 1. The van der Waals surface area contributed by atoms with Gasteiger partial charge in [-0.1, -0.05) is 41.9 Å². The molecule has 1 heterocycles. The average molecular weight is 469 g/mol. The van der Waals surface area contributed by atoms with Gasteiger partial charge in [0, 0.05) is 44.3 Å². The number of nitrogens with zero attached hydrogens (tertiary/aromatic N) is 2. The standard InChI is InChI=1S/C16H13ClN2O.W/c1-19-14-8-7-12(17)9-13(14)16(18-10-15(19)20)11-5-3-2-4-6-11;/h2-9H,10H2,1H3;. The third-order valence-electron chi connectivity index (χ3n) is 3.37. The van der Waals surface area contributed by atoms with E-state index < -0.39 is 0 Å². The molecule has 0 saturated heterocycles. The Balaban J connectivity index is 0.00000161. The van der Waals surface area contributed by atoms with Crippen LogP contribution in [0, 0.1) is 0 Å². The third-order valence-corrected chi connectivity index (χ3v) is 3.60. The van der Waals surface area contributed by atoms with E-state index in [2.05, 4.69) is 4.99 Å². The van der Waals surface area contributed by atoms with Crippen LogP contribution < -0.4 is 4.90 Å². The predicted molar refractivity (Wildman–Crippen MR) is 81.8 cm³/mol. The second-order valence-corrected chi connectivity index (χ2v) is 5.08. The van der Waals surface area contributed by atoms with E-state index in [0.29, 0.717) is 5.02 Å². The van der Waals surface area contributed by atoms with E-state index in [0.717, 1.165) is 22.5 Å². The van der Waals surface area contributed by atoms with E-state index in [4.69, 9.17) is 11.6 Å². The number of rotatable bonds is 1. The number of carbonyl (C=O) groups excluding carboxylic acids is 1. The molecule has 3 nitrogen and oxygen atoms in total. The van der Waals surface area contributed by atoms with Crippen molar-refractivity contribution in [3.05, 3.63) is 64.7 Å². The molecular weight excluding hydrogens is 455 g/mol. The van der Waals surface area contributed by atoms with E-state index in [-0.39, 0.29) is 33.5 Å². The van der Waals surface area contributed by atoms with Crippen LogP contribution in [0.4, 0.5) is 5.69 Å². The van der Waals surface area contributed by atoms with Crippen LogP contribution in [-0.2, 0) is 25.9 Å². The van der Waals surface area contributed by atoms with Crippen LogP contribution >= 0.6 is 11.6 Å². The fraction of sp³-hybridized carbons (Fsp3) is 0.125. The van der Waals surface area contributed by atoms with Crippen molar-refractivity contribution in [2.75, 3.05) is 18.5 Å². The van der Waals surface area contributed by atoms with Crippen LogP contribution in [0.1, 0.15) is 11.1 Å². The number of fused-ring (bicyclic) bond motifs is 1. The van der Waals surface area contributed by atoms with Gasteiger partial charge in [-0.05, 0) is 18.2 Å². The molecule has 1 aliphatic rings. The molecule has 0 unspecified atom stereocenters. The fourth-order valence-corrected chi connectivity index (χ4v) is 2.48. The summed E-state index contributed by atoms with van der Waals surface area (Å²) in [7, 11) is 1.76. The van der Waals surface area contributed by atoms with Gasteiger partial charge in [0.15, 0.2) is 0 Å².